The molecule has 1 aliphatic heterocycles. The topological polar surface area (TPSA) is 83.0 Å². The zero-order valence-electron chi connectivity index (χ0n) is 15.6. The molecule has 2 heterocycles. The Bertz CT molecular complexity index is 1080. The molecule has 0 unspecified atom stereocenters. The van der Waals surface area contributed by atoms with Crippen molar-refractivity contribution in [2.75, 3.05) is 22.1 Å². The van der Waals surface area contributed by atoms with Crippen molar-refractivity contribution in [3.05, 3.63) is 64.4 Å². The van der Waals surface area contributed by atoms with Gasteiger partial charge in [-0.2, -0.15) is 13.8 Å². The molecule has 30 heavy (non-hydrogen) atoms. The van der Waals surface area contributed by atoms with Crippen LogP contribution in [0.3, 0.4) is 0 Å². The molecule has 1 amide bonds. The average Bonchev–Trinajstić information content (AvgIpc) is 2.73. The van der Waals surface area contributed by atoms with Crippen molar-refractivity contribution in [1.29, 1.82) is 0 Å². The minimum absolute atomic E-state index is 0.248. The number of aromatic nitrogens is 3. The van der Waals surface area contributed by atoms with Crippen LogP contribution in [-0.4, -0.2) is 33.8 Å². The lowest BCUT2D eigenvalue weighted by molar-refractivity contribution is -0.126. The number of hydrogen-bond donors (Lipinski definition) is 2. The number of amides is 1. The molecule has 154 valence electrons. The van der Waals surface area contributed by atoms with Gasteiger partial charge in [-0.3, -0.25) is 4.79 Å². The van der Waals surface area contributed by atoms with Crippen LogP contribution in [0, 0.1) is 0 Å². The minimum Gasteiger partial charge on any atom is -0.336 e. The maximum absolute atomic E-state index is 12.4. The Morgan fingerprint density at radius 2 is 1.93 bits per heavy atom. The van der Waals surface area contributed by atoms with E-state index in [1.807, 2.05) is 6.07 Å². The number of carbonyl (C=O) groups excluding carboxylic acids is 1. The first-order chi connectivity index (χ1) is 14.5. The molecule has 0 radical (unpaired) electrons. The molecule has 3 aromatic rings. The van der Waals surface area contributed by atoms with Crippen LogP contribution >= 0.6 is 15.9 Å². The second-order valence-electron chi connectivity index (χ2n) is 6.69. The van der Waals surface area contributed by atoms with Gasteiger partial charge >= 0.3 is 6.43 Å². The minimum atomic E-state index is -3.08. The fourth-order valence-electron chi connectivity index (χ4n) is 3.19. The number of carbonyl (C=O) groups is 1. The van der Waals surface area contributed by atoms with Gasteiger partial charge in [0, 0.05) is 28.9 Å². The first-order valence-corrected chi connectivity index (χ1v) is 9.94. The van der Waals surface area contributed by atoms with Gasteiger partial charge in [0.15, 0.2) is 0 Å². The molecule has 0 spiro atoms. The summed E-state index contributed by atoms with van der Waals surface area (Å²) < 4.78 is 25.9. The van der Waals surface area contributed by atoms with Gasteiger partial charge < -0.3 is 15.5 Å². The van der Waals surface area contributed by atoms with Gasteiger partial charge in [-0.1, -0.05) is 28.1 Å². The maximum atomic E-state index is 12.4. The molecule has 0 aliphatic carbocycles. The molecule has 0 atom stereocenters. The highest BCUT2D eigenvalue weighted by Gasteiger charge is 2.19. The molecule has 7 nitrogen and oxygen atoms in total. The molecule has 4 rings (SSSR count). The van der Waals surface area contributed by atoms with Gasteiger partial charge in [0.2, 0.25) is 11.9 Å². The van der Waals surface area contributed by atoms with Crippen LogP contribution < -0.4 is 15.5 Å². The van der Waals surface area contributed by atoms with Crippen molar-refractivity contribution in [2.24, 2.45) is 0 Å². The Balaban J connectivity index is 1.48. The lowest BCUT2D eigenvalue weighted by atomic mass is 10.0. The third-order valence-corrected chi connectivity index (χ3v) is 5.10. The quantitative estimate of drug-likeness (QED) is 0.577. The van der Waals surface area contributed by atoms with Crippen molar-refractivity contribution in [3.63, 3.8) is 0 Å². The van der Waals surface area contributed by atoms with Crippen molar-refractivity contribution in [3.8, 4) is 0 Å². The molecule has 1 aromatic heterocycles. The first kappa shape index (κ1) is 20.1. The highest BCUT2D eigenvalue weighted by atomic mass is 79.9. The van der Waals surface area contributed by atoms with Crippen molar-refractivity contribution in [2.45, 2.75) is 19.4 Å². The van der Waals surface area contributed by atoms with Gasteiger partial charge in [-0.05, 0) is 47.9 Å². The molecular formula is C20H17BrF2N6O. The SMILES string of the molecule is O=C(Nc1cccc(Nc2ncnc(N3CCc4cc(Br)ccc4C3)n2)c1)C(F)F. The Morgan fingerprint density at radius 1 is 1.10 bits per heavy atom. The average molecular weight is 475 g/mol. The Labute approximate surface area is 179 Å². The van der Waals surface area contributed by atoms with Crippen LogP contribution in [0.25, 0.3) is 0 Å². The molecule has 0 saturated carbocycles. The number of anilines is 4. The number of fused-ring (bicyclic) bond motifs is 1. The van der Waals surface area contributed by atoms with E-state index in [4.69, 9.17) is 0 Å². The number of halogens is 3. The molecule has 1 aliphatic rings. The van der Waals surface area contributed by atoms with E-state index in [0.717, 1.165) is 17.4 Å². The van der Waals surface area contributed by atoms with Gasteiger partial charge in [-0.15, -0.1) is 0 Å². The van der Waals surface area contributed by atoms with Crippen LogP contribution in [0.2, 0.25) is 0 Å². The van der Waals surface area contributed by atoms with Gasteiger partial charge in [0.25, 0.3) is 5.91 Å². The molecule has 0 bridgehead atoms. The summed E-state index contributed by atoms with van der Waals surface area (Å²) >= 11 is 3.50. The molecule has 2 aromatic carbocycles. The number of nitrogens with one attached hydrogen (secondary N) is 2. The zero-order valence-corrected chi connectivity index (χ0v) is 17.2. The largest absolute Gasteiger partial charge is 0.336 e. The second-order valence-corrected chi connectivity index (χ2v) is 7.61. The molecule has 2 N–H and O–H groups in total. The lowest BCUT2D eigenvalue weighted by Gasteiger charge is -2.29. The maximum Gasteiger partial charge on any atom is 0.315 e. The van der Waals surface area contributed by atoms with Gasteiger partial charge in [-0.25, -0.2) is 9.97 Å². The number of benzene rings is 2. The summed E-state index contributed by atoms with van der Waals surface area (Å²) in [5, 5.41) is 5.17. The van der Waals surface area contributed by atoms with Crippen LogP contribution in [-0.2, 0) is 17.8 Å². The number of rotatable bonds is 5. The third-order valence-electron chi connectivity index (χ3n) is 4.61. The number of alkyl halides is 2. The fraction of sp³-hybridized carbons (Fsp3) is 0.200. The molecule has 0 fully saturated rings. The highest BCUT2D eigenvalue weighted by molar-refractivity contribution is 9.10. The van der Waals surface area contributed by atoms with Crippen LogP contribution in [0.1, 0.15) is 11.1 Å². The first-order valence-electron chi connectivity index (χ1n) is 9.15. The predicted octanol–water partition coefficient (Wildman–Crippen LogP) is 4.14. The summed E-state index contributed by atoms with van der Waals surface area (Å²) in [5.74, 6) is -0.492. The summed E-state index contributed by atoms with van der Waals surface area (Å²) in [4.78, 5) is 26.2. The van der Waals surface area contributed by atoms with Crippen LogP contribution in [0.4, 0.5) is 32.1 Å². The molecular weight excluding hydrogens is 458 g/mol. The number of hydrogen-bond acceptors (Lipinski definition) is 6. The predicted molar refractivity (Wildman–Crippen MR) is 113 cm³/mol. The summed E-state index contributed by atoms with van der Waals surface area (Å²) in [6, 6.07) is 12.6. The van der Waals surface area contributed by atoms with Crippen molar-refractivity contribution in [1.82, 2.24) is 15.0 Å². The number of nitrogens with zero attached hydrogens (tertiary/aromatic N) is 4. The Kier molecular flexibility index (Phi) is 5.84. The van der Waals surface area contributed by atoms with E-state index in [0.29, 0.717) is 24.1 Å². The van der Waals surface area contributed by atoms with Crippen LogP contribution in [0.15, 0.2) is 53.3 Å². The van der Waals surface area contributed by atoms with E-state index in [9.17, 15) is 13.6 Å². The van der Waals surface area contributed by atoms with E-state index in [2.05, 4.69) is 58.5 Å². The van der Waals surface area contributed by atoms with Crippen molar-refractivity contribution >= 4 is 45.1 Å². The fourth-order valence-corrected chi connectivity index (χ4v) is 3.60. The van der Waals surface area contributed by atoms with Gasteiger partial charge in [0.1, 0.15) is 6.33 Å². The van der Waals surface area contributed by atoms with E-state index in [-0.39, 0.29) is 5.69 Å². The Morgan fingerprint density at radius 3 is 2.77 bits per heavy atom. The summed E-state index contributed by atoms with van der Waals surface area (Å²) in [7, 11) is 0. The smallest absolute Gasteiger partial charge is 0.315 e. The summed E-state index contributed by atoms with van der Waals surface area (Å²) in [6.45, 7) is 1.48. The molecule has 0 saturated heterocycles. The van der Waals surface area contributed by atoms with E-state index >= 15 is 0 Å². The van der Waals surface area contributed by atoms with E-state index in [1.54, 1.807) is 12.1 Å². The summed E-state index contributed by atoms with van der Waals surface area (Å²) in [6.07, 6.45) is -0.775. The standard InChI is InChI=1S/C20H17BrF2N6O/c21-14-5-4-13-10-29(7-6-12(13)8-14)20-25-11-24-19(28-20)27-16-3-1-2-15(9-16)26-18(30)17(22)23/h1-5,8-9,11,17H,6-7,10H2,(H,26,30)(H,24,25,27,28). The Hall–Kier alpha value is -3.14. The van der Waals surface area contributed by atoms with E-state index in [1.165, 1.54) is 29.6 Å². The third kappa shape index (κ3) is 4.70. The van der Waals surface area contributed by atoms with Crippen LogP contribution in [0.5, 0.6) is 0 Å². The highest BCUT2D eigenvalue weighted by Crippen LogP contribution is 2.25. The van der Waals surface area contributed by atoms with Gasteiger partial charge in [0.05, 0.1) is 0 Å². The summed E-state index contributed by atoms with van der Waals surface area (Å²) in [5.41, 5.74) is 3.32. The second kappa shape index (κ2) is 8.70. The molecule has 10 heteroatoms. The normalized spacial score (nSPS) is 13.1. The monoisotopic (exact) mass is 474 g/mol. The lowest BCUT2D eigenvalue weighted by Crippen LogP contribution is -2.32. The zero-order chi connectivity index (χ0) is 21.1. The van der Waals surface area contributed by atoms with E-state index < -0.39 is 12.3 Å². The van der Waals surface area contributed by atoms with Crippen molar-refractivity contribution < 1.29 is 13.6 Å².